The minimum atomic E-state index is -3.91. The molecule has 0 radical (unpaired) electrons. The average molecular weight is 383 g/mol. The molecule has 2 N–H and O–H groups in total. The molecule has 24 heavy (non-hydrogen) atoms. The van der Waals surface area contributed by atoms with Gasteiger partial charge in [-0.3, -0.25) is 9.52 Å². The lowest BCUT2D eigenvalue weighted by atomic mass is 10.1. The lowest BCUT2D eigenvalue weighted by molar-refractivity contribution is 0.601. The van der Waals surface area contributed by atoms with E-state index in [1.807, 2.05) is 0 Å². The minimum Gasteiger partial charge on any atom is -0.322 e. The highest BCUT2D eigenvalue weighted by molar-refractivity contribution is 7.92. The van der Waals surface area contributed by atoms with Crippen LogP contribution in [0.5, 0.6) is 0 Å². The molecule has 3 rings (SSSR count). The first-order valence-electron chi connectivity index (χ1n) is 6.88. The lowest BCUT2D eigenvalue weighted by Crippen LogP contribution is -2.14. The molecule has 2 aromatic carbocycles. The molecule has 0 atom stereocenters. The summed E-state index contributed by atoms with van der Waals surface area (Å²) in [5.74, 6) is 0. The van der Waals surface area contributed by atoms with Gasteiger partial charge in [0.2, 0.25) is 5.56 Å². The number of hydrogen-bond donors (Lipinski definition) is 2. The molecule has 124 valence electrons. The van der Waals surface area contributed by atoms with Gasteiger partial charge in [-0.15, -0.1) is 0 Å². The lowest BCUT2D eigenvalue weighted by Gasteiger charge is -2.11. The number of aromatic amines is 1. The van der Waals surface area contributed by atoms with E-state index >= 15 is 0 Å². The molecule has 1 heterocycles. The molecule has 0 saturated carbocycles. The fraction of sp³-hybridized carbons (Fsp3) is 0.0625. The number of halogens is 2. The van der Waals surface area contributed by atoms with E-state index in [1.54, 1.807) is 25.1 Å². The Balaban J connectivity index is 2.14. The Hall–Kier alpha value is -2.02. The van der Waals surface area contributed by atoms with E-state index < -0.39 is 10.0 Å². The molecule has 5 nitrogen and oxygen atoms in total. The van der Waals surface area contributed by atoms with Crippen molar-refractivity contribution in [2.24, 2.45) is 0 Å². The zero-order chi connectivity index (χ0) is 17.5. The van der Waals surface area contributed by atoms with E-state index in [1.165, 1.54) is 24.3 Å². The molecule has 0 aliphatic heterocycles. The molecule has 0 bridgehead atoms. The van der Waals surface area contributed by atoms with Crippen LogP contribution in [0.25, 0.3) is 10.9 Å². The molecule has 0 amide bonds. The Kier molecular flexibility index (Phi) is 4.29. The van der Waals surface area contributed by atoms with Crippen LogP contribution < -0.4 is 10.3 Å². The quantitative estimate of drug-likeness (QED) is 0.719. The first-order valence-corrected chi connectivity index (χ1v) is 9.12. The number of nitrogens with one attached hydrogen (secondary N) is 2. The van der Waals surface area contributed by atoms with Crippen LogP contribution in [0.3, 0.4) is 0 Å². The van der Waals surface area contributed by atoms with Crippen LogP contribution in [0.2, 0.25) is 10.0 Å². The fourth-order valence-corrected chi connectivity index (χ4v) is 4.19. The van der Waals surface area contributed by atoms with Crippen molar-refractivity contribution in [2.45, 2.75) is 11.8 Å². The van der Waals surface area contributed by atoms with Crippen LogP contribution >= 0.6 is 23.2 Å². The second kappa shape index (κ2) is 6.12. The normalized spacial score (nSPS) is 11.6. The minimum absolute atomic E-state index is 0.0123. The first-order chi connectivity index (χ1) is 11.3. The Morgan fingerprint density at radius 1 is 1.08 bits per heavy atom. The zero-order valence-electron chi connectivity index (χ0n) is 12.4. The number of anilines is 1. The summed E-state index contributed by atoms with van der Waals surface area (Å²) in [5, 5.41) is 1.02. The summed E-state index contributed by atoms with van der Waals surface area (Å²) in [7, 11) is -3.91. The third-order valence-corrected chi connectivity index (χ3v) is 5.55. The van der Waals surface area contributed by atoms with E-state index in [2.05, 4.69) is 9.71 Å². The number of aryl methyl sites for hydroxylation is 1. The first kappa shape index (κ1) is 16.8. The number of H-pyrrole nitrogens is 1. The zero-order valence-corrected chi connectivity index (χ0v) is 14.8. The molecule has 1 aromatic heterocycles. The van der Waals surface area contributed by atoms with E-state index in [-0.39, 0.29) is 15.5 Å². The molecular weight excluding hydrogens is 371 g/mol. The summed E-state index contributed by atoms with van der Waals surface area (Å²) in [6.45, 7) is 1.73. The van der Waals surface area contributed by atoms with Gasteiger partial charge in [-0.2, -0.15) is 0 Å². The van der Waals surface area contributed by atoms with Gasteiger partial charge in [-0.05, 0) is 42.8 Å². The number of rotatable bonds is 3. The fourth-order valence-electron chi connectivity index (χ4n) is 2.39. The molecule has 0 saturated heterocycles. The van der Waals surface area contributed by atoms with Crippen LogP contribution in [0.15, 0.2) is 52.2 Å². The molecule has 0 aliphatic carbocycles. The number of hydrogen-bond acceptors (Lipinski definition) is 3. The standard InChI is InChI=1S/C16H12Cl2N2O3S/c1-9-5-16(21)19-14-8-13(18)15(7-12(9)14)24(22,23)20-11-4-2-3-10(17)6-11/h2-8,20H,1H3,(H,19,21). The van der Waals surface area contributed by atoms with Crippen molar-refractivity contribution in [3.05, 3.63) is 68.4 Å². The highest BCUT2D eigenvalue weighted by Gasteiger charge is 2.20. The average Bonchev–Trinajstić information content (AvgIpc) is 2.45. The topological polar surface area (TPSA) is 79.0 Å². The summed E-state index contributed by atoms with van der Waals surface area (Å²) in [4.78, 5) is 14.1. The van der Waals surface area contributed by atoms with E-state index in [4.69, 9.17) is 23.2 Å². The van der Waals surface area contributed by atoms with Crippen molar-refractivity contribution in [1.82, 2.24) is 4.98 Å². The molecular formula is C16H12Cl2N2O3S. The van der Waals surface area contributed by atoms with Crippen molar-refractivity contribution < 1.29 is 8.42 Å². The largest absolute Gasteiger partial charge is 0.322 e. The van der Waals surface area contributed by atoms with Crippen molar-refractivity contribution >= 4 is 49.8 Å². The highest BCUT2D eigenvalue weighted by atomic mass is 35.5. The van der Waals surface area contributed by atoms with Crippen molar-refractivity contribution in [3.63, 3.8) is 0 Å². The molecule has 3 aromatic rings. The maximum atomic E-state index is 12.6. The van der Waals surface area contributed by atoms with E-state index in [0.717, 1.165) is 0 Å². The van der Waals surface area contributed by atoms with Crippen LogP contribution in [-0.2, 0) is 10.0 Å². The van der Waals surface area contributed by atoms with Crippen LogP contribution in [0, 0.1) is 6.92 Å². The van der Waals surface area contributed by atoms with Gasteiger partial charge in [0.25, 0.3) is 10.0 Å². The molecule has 0 unspecified atom stereocenters. The SMILES string of the molecule is Cc1cc(=O)[nH]c2cc(Cl)c(S(=O)(=O)Nc3cccc(Cl)c3)cc12. The predicted octanol–water partition coefficient (Wildman–Crippen LogP) is 3.94. The second-order valence-electron chi connectivity index (χ2n) is 5.26. The van der Waals surface area contributed by atoms with Gasteiger partial charge in [0.1, 0.15) is 4.90 Å². The van der Waals surface area contributed by atoms with Gasteiger partial charge in [0.05, 0.1) is 16.2 Å². The predicted molar refractivity (Wildman–Crippen MR) is 96.6 cm³/mol. The summed E-state index contributed by atoms with van der Waals surface area (Å²) >= 11 is 12.0. The summed E-state index contributed by atoms with van der Waals surface area (Å²) in [6.07, 6.45) is 0. The van der Waals surface area contributed by atoms with Crippen molar-refractivity contribution in [1.29, 1.82) is 0 Å². The Morgan fingerprint density at radius 2 is 1.83 bits per heavy atom. The van der Waals surface area contributed by atoms with Gasteiger partial charge < -0.3 is 4.98 Å². The number of aromatic nitrogens is 1. The monoisotopic (exact) mass is 382 g/mol. The van der Waals surface area contributed by atoms with Crippen molar-refractivity contribution in [3.8, 4) is 0 Å². The Labute approximate surface area is 148 Å². The summed E-state index contributed by atoms with van der Waals surface area (Å²) < 4.78 is 27.7. The van der Waals surface area contributed by atoms with E-state index in [0.29, 0.717) is 27.2 Å². The van der Waals surface area contributed by atoms with Crippen LogP contribution in [0.4, 0.5) is 5.69 Å². The number of benzene rings is 2. The van der Waals surface area contributed by atoms with Gasteiger partial charge in [-0.1, -0.05) is 29.3 Å². The summed E-state index contributed by atoms with van der Waals surface area (Å²) in [5.41, 5.74) is 1.19. The number of fused-ring (bicyclic) bond motifs is 1. The molecule has 0 spiro atoms. The maximum Gasteiger partial charge on any atom is 0.263 e. The molecule has 8 heteroatoms. The third kappa shape index (κ3) is 3.26. The van der Waals surface area contributed by atoms with Crippen LogP contribution in [0.1, 0.15) is 5.56 Å². The van der Waals surface area contributed by atoms with Gasteiger partial charge >= 0.3 is 0 Å². The summed E-state index contributed by atoms with van der Waals surface area (Å²) in [6, 6.07) is 10.6. The second-order valence-corrected chi connectivity index (χ2v) is 7.76. The Bertz CT molecular complexity index is 1110. The van der Waals surface area contributed by atoms with Gasteiger partial charge in [0.15, 0.2) is 0 Å². The number of sulfonamides is 1. The van der Waals surface area contributed by atoms with Gasteiger partial charge in [-0.25, -0.2) is 8.42 Å². The maximum absolute atomic E-state index is 12.6. The van der Waals surface area contributed by atoms with Crippen molar-refractivity contribution in [2.75, 3.05) is 4.72 Å². The van der Waals surface area contributed by atoms with Crippen LogP contribution in [-0.4, -0.2) is 13.4 Å². The third-order valence-electron chi connectivity index (χ3n) is 3.47. The molecule has 0 aliphatic rings. The smallest absolute Gasteiger partial charge is 0.263 e. The highest BCUT2D eigenvalue weighted by Crippen LogP contribution is 2.29. The van der Waals surface area contributed by atoms with Gasteiger partial charge in [0, 0.05) is 16.5 Å². The number of pyridine rings is 1. The Morgan fingerprint density at radius 3 is 2.54 bits per heavy atom. The van der Waals surface area contributed by atoms with E-state index in [9.17, 15) is 13.2 Å². The molecule has 0 fully saturated rings.